The summed E-state index contributed by atoms with van der Waals surface area (Å²) in [4.78, 5) is 7.85. The Hall–Kier alpha value is -1.04. The van der Waals surface area contributed by atoms with Crippen LogP contribution in [0.1, 0.15) is 0 Å². The molecule has 18 heavy (non-hydrogen) atoms. The molecule has 0 atom stereocenters. The highest BCUT2D eigenvalue weighted by Gasteiger charge is 2.11. The zero-order valence-corrected chi connectivity index (χ0v) is 12.3. The molecule has 0 spiro atoms. The van der Waals surface area contributed by atoms with Gasteiger partial charge in [0.15, 0.2) is 0 Å². The molecule has 0 bridgehead atoms. The van der Waals surface area contributed by atoms with Crippen molar-refractivity contribution in [2.75, 3.05) is 7.11 Å². The standard InChI is InChI=1S/C11H7BrCl2N2O2/c1-17-11-15-5-8(14)10(16-11)18-9-4-6(12)2-3-7(9)13/h2-5H,1H3. The van der Waals surface area contributed by atoms with Crippen LogP contribution >= 0.6 is 39.1 Å². The van der Waals surface area contributed by atoms with Crippen LogP contribution in [0.15, 0.2) is 28.9 Å². The first kappa shape index (κ1) is 13.4. The third-order valence-electron chi connectivity index (χ3n) is 1.97. The summed E-state index contributed by atoms with van der Waals surface area (Å²) in [7, 11) is 1.46. The van der Waals surface area contributed by atoms with Crippen molar-refractivity contribution in [1.82, 2.24) is 9.97 Å². The molecule has 0 unspecified atom stereocenters. The van der Waals surface area contributed by atoms with E-state index in [0.717, 1.165) is 4.47 Å². The van der Waals surface area contributed by atoms with Gasteiger partial charge in [-0.05, 0) is 18.2 Å². The molecule has 0 aliphatic rings. The Bertz CT molecular complexity index is 581. The highest BCUT2D eigenvalue weighted by Crippen LogP contribution is 2.34. The molecule has 2 aromatic rings. The highest BCUT2D eigenvalue weighted by atomic mass is 79.9. The summed E-state index contributed by atoms with van der Waals surface area (Å²) >= 11 is 15.3. The van der Waals surface area contributed by atoms with Crippen LogP contribution in [0.2, 0.25) is 10.0 Å². The number of hydrogen-bond donors (Lipinski definition) is 0. The molecule has 1 heterocycles. The van der Waals surface area contributed by atoms with Gasteiger partial charge in [0.05, 0.1) is 18.3 Å². The van der Waals surface area contributed by atoms with Crippen molar-refractivity contribution in [3.05, 3.63) is 38.9 Å². The van der Waals surface area contributed by atoms with Gasteiger partial charge in [0.1, 0.15) is 10.8 Å². The third kappa shape index (κ3) is 3.04. The molecule has 0 aliphatic carbocycles. The van der Waals surface area contributed by atoms with E-state index in [-0.39, 0.29) is 16.9 Å². The average Bonchev–Trinajstić information content (AvgIpc) is 2.36. The van der Waals surface area contributed by atoms with Gasteiger partial charge in [0, 0.05) is 4.47 Å². The molecular formula is C11H7BrCl2N2O2. The maximum Gasteiger partial charge on any atom is 0.319 e. The molecule has 4 nitrogen and oxygen atoms in total. The normalized spacial score (nSPS) is 10.2. The Morgan fingerprint density at radius 1 is 1.22 bits per heavy atom. The second-order valence-corrected chi connectivity index (χ2v) is 4.92. The lowest BCUT2D eigenvalue weighted by molar-refractivity contribution is 0.366. The quantitative estimate of drug-likeness (QED) is 0.826. The number of ether oxygens (including phenoxy) is 2. The van der Waals surface area contributed by atoms with Crippen LogP contribution < -0.4 is 9.47 Å². The van der Waals surface area contributed by atoms with Gasteiger partial charge in [-0.1, -0.05) is 39.1 Å². The minimum absolute atomic E-state index is 0.167. The molecular weight excluding hydrogens is 343 g/mol. The second-order valence-electron chi connectivity index (χ2n) is 3.19. The van der Waals surface area contributed by atoms with Gasteiger partial charge >= 0.3 is 6.01 Å². The first-order valence-corrected chi connectivity index (χ1v) is 6.34. The van der Waals surface area contributed by atoms with Crippen molar-refractivity contribution in [3.8, 4) is 17.6 Å². The Labute approximate surface area is 122 Å². The lowest BCUT2D eigenvalue weighted by Crippen LogP contribution is -1.95. The molecule has 7 heteroatoms. The van der Waals surface area contributed by atoms with E-state index in [1.54, 1.807) is 18.2 Å². The number of nitrogens with zero attached hydrogens (tertiary/aromatic N) is 2. The van der Waals surface area contributed by atoms with Crippen molar-refractivity contribution in [2.45, 2.75) is 0 Å². The Balaban J connectivity index is 2.36. The summed E-state index contributed by atoms with van der Waals surface area (Å²) in [6.45, 7) is 0. The predicted molar refractivity (Wildman–Crippen MR) is 72.8 cm³/mol. The topological polar surface area (TPSA) is 44.2 Å². The van der Waals surface area contributed by atoms with Crippen LogP contribution in [-0.4, -0.2) is 17.1 Å². The maximum atomic E-state index is 6.01. The predicted octanol–water partition coefficient (Wildman–Crippen LogP) is 4.35. The van der Waals surface area contributed by atoms with Crippen molar-refractivity contribution < 1.29 is 9.47 Å². The average molecular weight is 350 g/mol. The molecule has 0 N–H and O–H groups in total. The van der Waals surface area contributed by atoms with Gasteiger partial charge in [-0.25, -0.2) is 4.98 Å². The fourth-order valence-electron chi connectivity index (χ4n) is 1.17. The lowest BCUT2D eigenvalue weighted by Gasteiger charge is -2.09. The van der Waals surface area contributed by atoms with Gasteiger partial charge in [-0.15, -0.1) is 0 Å². The van der Waals surface area contributed by atoms with Gasteiger partial charge < -0.3 is 9.47 Å². The van der Waals surface area contributed by atoms with Gasteiger partial charge in [0.2, 0.25) is 5.88 Å². The molecule has 1 aromatic carbocycles. The van der Waals surface area contributed by atoms with Crippen LogP contribution in [-0.2, 0) is 0 Å². The smallest absolute Gasteiger partial charge is 0.319 e. The van der Waals surface area contributed by atoms with E-state index >= 15 is 0 Å². The molecule has 0 saturated heterocycles. The van der Waals surface area contributed by atoms with E-state index < -0.39 is 0 Å². The maximum absolute atomic E-state index is 6.01. The number of halogens is 3. The number of hydrogen-bond acceptors (Lipinski definition) is 4. The van der Waals surface area contributed by atoms with E-state index in [4.69, 9.17) is 32.7 Å². The zero-order chi connectivity index (χ0) is 13.1. The molecule has 0 amide bonds. The SMILES string of the molecule is COc1ncc(Cl)c(Oc2cc(Br)ccc2Cl)n1. The largest absolute Gasteiger partial charge is 0.467 e. The summed E-state index contributed by atoms with van der Waals surface area (Å²) in [5.74, 6) is 0.622. The Morgan fingerprint density at radius 3 is 2.72 bits per heavy atom. The molecule has 94 valence electrons. The van der Waals surface area contributed by atoms with Gasteiger partial charge in [-0.3, -0.25) is 0 Å². The van der Waals surface area contributed by atoms with Crippen molar-refractivity contribution in [1.29, 1.82) is 0 Å². The van der Waals surface area contributed by atoms with E-state index in [2.05, 4.69) is 25.9 Å². The van der Waals surface area contributed by atoms with Crippen molar-refractivity contribution in [3.63, 3.8) is 0 Å². The Morgan fingerprint density at radius 2 is 2.00 bits per heavy atom. The van der Waals surface area contributed by atoms with E-state index in [1.165, 1.54) is 13.3 Å². The minimum atomic E-state index is 0.167. The molecule has 1 aromatic heterocycles. The van der Waals surface area contributed by atoms with Crippen LogP contribution in [0.25, 0.3) is 0 Å². The van der Waals surface area contributed by atoms with Crippen molar-refractivity contribution >= 4 is 39.1 Å². The summed E-state index contributed by atoms with van der Waals surface area (Å²) < 4.78 is 11.3. The van der Waals surface area contributed by atoms with E-state index in [9.17, 15) is 0 Å². The molecule has 0 radical (unpaired) electrons. The zero-order valence-electron chi connectivity index (χ0n) is 9.15. The summed E-state index contributed by atoms with van der Waals surface area (Å²) in [5, 5.41) is 0.721. The molecule has 0 saturated carbocycles. The van der Waals surface area contributed by atoms with Crippen LogP contribution in [0.4, 0.5) is 0 Å². The van der Waals surface area contributed by atoms with E-state index in [1.807, 2.05) is 0 Å². The van der Waals surface area contributed by atoms with Gasteiger partial charge in [0.25, 0.3) is 0 Å². The monoisotopic (exact) mass is 348 g/mol. The first-order chi connectivity index (χ1) is 8.60. The molecule has 0 fully saturated rings. The summed E-state index contributed by atoms with van der Waals surface area (Å²) in [6, 6.07) is 5.39. The lowest BCUT2D eigenvalue weighted by atomic mass is 10.3. The summed E-state index contributed by atoms with van der Waals surface area (Å²) in [6.07, 6.45) is 1.40. The molecule has 0 aliphatic heterocycles. The second kappa shape index (κ2) is 5.73. The van der Waals surface area contributed by atoms with Crippen LogP contribution in [0.3, 0.4) is 0 Å². The summed E-state index contributed by atoms with van der Waals surface area (Å²) in [5.41, 5.74) is 0. The van der Waals surface area contributed by atoms with Crippen molar-refractivity contribution in [2.24, 2.45) is 0 Å². The third-order valence-corrected chi connectivity index (χ3v) is 3.04. The number of aromatic nitrogens is 2. The molecule has 2 rings (SSSR count). The highest BCUT2D eigenvalue weighted by molar-refractivity contribution is 9.10. The number of benzene rings is 1. The number of rotatable bonds is 3. The van der Waals surface area contributed by atoms with E-state index in [0.29, 0.717) is 10.8 Å². The van der Waals surface area contributed by atoms with Crippen LogP contribution in [0.5, 0.6) is 17.6 Å². The van der Waals surface area contributed by atoms with Gasteiger partial charge in [-0.2, -0.15) is 4.98 Å². The number of methoxy groups -OCH3 is 1. The Kier molecular flexibility index (Phi) is 4.27. The van der Waals surface area contributed by atoms with Crippen LogP contribution in [0, 0.1) is 0 Å². The first-order valence-electron chi connectivity index (χ1n) is 4.79. The fourth-order valence-corrected chi connectivity index (χ4v) is 1.79. The fraction of sp³-hybridized carbons (Fsp3) is 0.0909. The minimum Gasteiger partial charge on any atom is -0.467 e.